The first-order valence-corrected chi connectivity index (χ1v) is 17.2. The van der Waals surface area contributed by atoms with Gasteiger partial charge in [0, 0.05) is 40.0 Å². The average molecular weight is 737 g/mol. The van der Waals surface area contributed by atoms with Crippen molar-refractivity contribution in [3.05, 3.63) is 148 Å². The van der Waals surface area contributed by atoms with E-state index in [0.29, 0.717) is 33.9 Å². The number of nitrogen functional groups attached to an aromatic ring is 1. The molecule has 0 aliphatic heterocycles. The highest BCUT2D eigenvalue weighted by Gasteiger charge is 2.19. The first-order valence-electron chi connectivity index (χ1n) is 16.4. The minimum atomic E-state index is -0.494. The third-order valence-electron chi connectivity index (χ3n) is 8.09. The van der Waals surface area contributed by atoms with E-state index in [2.05, 4.69) is 15.3 Å². The number of aromatic nitrogens is 2. The molecule has 0 spiro atoms. The van der Waals surface area contributed by atoms with Crippen LogP contribution < -0.4 is 11.1 Å². The van der Waals surface area contributed by atoms with Gasteiger partial charge in [0.05, 0.1) is 21.1 Å². The number of nitrogens with zero attached hydrogens (tertiary/aromatic N) is 3. The standard InChI is InChI=1S/C21H17ClFN3O.C20H16ClFN2O/c1-2-13-10-15-19(26-14-8-9-17(23)16(22)11-14)21(24)27-20(15)18(25-13)12-6-4-3-5-7-12;1-2-15-10-14(12-23-16-8-9-18(22)17(21)11-16)20(25)19(24-15)13-6-4-3-5-7-13/h3-11,26H,2,24H2,1H3;3-12,25H,2H2,1H3. The molecule has 7 aromatic rings. The maximum Gasteiger partial charge on any atom is 0.215 e. The van der Waals surface area contributed by atoms with Gasteiger partial charge in [-0.25, -0.2) is 18.7 Å². The van der Waals surface area contributed by atoms with Gasteiger partial charge in [-0.3, -0.25) is 4.99 Å². The van der Waals surface area contributed by atoms with Gasteiger partial charge in [0.1, 0.15) is 28.7 Å². The normalized spacial score (nSPS) is 11.1. The molecule has 0 aliphatic carbocycles. The summed E-state index contributed by atoms with van der Waals surface area (Å²) in [5.41, 5.74) is 13.8. The molecular weight excluding hydrogens is 703 g/mol. The number of fused-ring (bicyclic) bond motifs is 1. The number of hydrogen-bond donors (Lipinski definition) is 3. The number of hydrogen-bond acceptors (Lipinski definition) is 7. The largest absolute Gasteiger partial charge is 0.505 e. The highest BCUT2D eigenvalue weighted by atomic mass is 35.5. The number of furan rings is 1. The number of rotatable bonds is 8. The molecule has 0 saturated heterocycles. The zero-order chi connectivity index (χ0) is 36.8. The number of aromatic hydroxyl groups is 1. The van der Waals surface area contributed by atoms with Gasteiger partial charge in [0.25, 0.3) is 0 Å². The van der Waals surface area contributed by atoms with Gasteiger partial charge in [-0.1, -0.05) is 97.7 Å². The molecule has 4 N–H and O–H groups in total. The minimum Gasteiger partial charge on any atom is -0.505 e. The second kappa shape index (κ2) is 16.1. The molecule has 0 radical (unpaired) electrons. The molecule has 0 saturated carbocycles. The fourth-order valence-electron chi connectivity index (χ4n) is 5.39. The van der Waals surface area contributed by atoms with Crippen LogP contribution in [0.2, 0.25) is 10.0 Å². The number of benzene rings is 4. The third kappa shape index (κ3) is 8.07. The van der Waals surface area contributed by atoms with Gasteiger partial charge in [-0.15, -0.1) is 0 Å². The molecule has 0 fully saturated rings. The van der Waals surface area contributed by atoms with Gasteiger partial charge in [0.15, 0.2) is 11.3 Å². The molecule has 0 bridgehead atoms. The second-order valence-corrected chi connectivity index (χ2v) is 12.4. The zero-order valence-corrected chi connectivity index (χ0v) is 29.7. The molecule has 0 atom stereocenters. The van der Waals surface area contributed by atoms with Crippen LogP contribution in [0.3, 0.4) is 0 Å². The van der Waals surface area contributed by atoms with Crippen LogP contribution in [-0.2, 0) is 12.8 Å². The number of aliphatic imine (C=N–C) groups is 1. The van der Waals surface area contributed by atoms with Crippen LogP contribution >= 0.6 is 23.2 Å². The third-order valence-corrected chi connectivity index (χ3v) is 8.67. The van der Waals surface area contributed by atoms with Gasteiger partial charge in [-0.2, -0.15) is 0 Å². The molecule has 0 unspecified atom stereocenters. The van der Waals surface area contributed by atoms with Gasteiger partial charge in [0.2, 0.25) is 5.88 Å². The van der Waals surface area contributed by atoms with Gasteiger partial charge in [-0.05, 0) is 61.4 Å². The lowest BCUT2D eigenvalue weighted by atomic mass is 10.1. The van der Waals surface area contributed by atoms with E-state index in [-0.39, 0.29) is 21.7 Å². The number of nitrogens with two attached hydrogens (primary N) is 1. The van der Waals surface area contributed by atoms with E-state index in [9.17, 15) is 13.9 Å². The maximum atomic E-state index is 13.4. The van der Waals surface area contributed by atoms with E-state index >= 15 is 0 Å². The van der Waals surface area contributed by atoms with E-state index in [4.69, 9.17) is 38.3 Å². The van der Waals surface area contributed by atoms with Crippen molar-refractivity contribution in [2.75, 3.05) is 11.1 Å². The summed E-state index contributed by atoms with van der Waals surface area (Å²) in [5, 5.41) is 14.7. The van der Waals surface area contributed by atoms with E-state index in [1.165, 1.54) is 36.5 Å². The molecule has 3 heterocycles. The SMILES string of the molecule is CCc1cc(C=Nc2ccc(F)c(Cl)c2)c(O)c(-c2ccccc2)n1.CCc1cc2c(Nc3ccc(F)c(Cl)c3)c(N)oc2c(-c2ccccc2)n1. The van der Waals surface area contributed by atoms with Crippen molar-refractivity contribution in [2.45, 2.75) is 26.7 Å². The van der Waals surface area contributed by atoms with Gasteiger partial charge >= 0.3 is 0 Å². The molecule has 0 amide bonds. The highest BCUT2D eigenvalue weighted by Crippen LogP contribution is 2.40. The van der Waals surface area contributed by atoms with Crippen molar-refractivity contribution >= 4 is 63.3 Å². The number of aryl methyl sites for hydroxylation is 2. The fourth-order valence-corrected chi connectivity index (χ4v) is 5.74. The number of pyridine rings is 2. The Morgan fingerprint density at radius 2 is 1.35 bits per heavy atom. The average Bonchev–Trinajstić information content (AvgIpc) is 3.48. The summed E-state index contributed by atoms with van der Waals surface area (Å²) in [6.45, 7) is 4.04. The highest BCUT2D eigenvalue weighted by molar-refractivity contribution is 6.31. The second-order valence-electron chi connectivity index (χ2n) is 11.6. The Balaban J connectivity index is 0.000000179. The molecule has 7 nitrogen and oxygen atoms in total. The lowest BCUT2D eigenvalue weighted by Crippen LogP contribution is -1.96. The predicted octanol–water partition coefficient (Wildman–Crippen LogP) is 11.7. The first-order chi connectivity index (χ1) is 25.1. The van der Waals surface area contributed by atoms with Crippen molar-refractivity contribution in [3.8, 4) is 28.3 Å². The van der Waals surface area contributed by atoms with Crippen LogP contribution in [0, 0.1) is 11.6 Å². The Bertz CT molecular complexity index is 2390. The Hall–Kier alpha value is -5.77. The summed E-state index contributed by atoms with van der Waals surface area (Å²) in [5.74, 6) is -0.680. The van der Waals surface area contributed by atoms with Crippen LogP contribution in [-0.4, -0.2) is 21.3 Å². The van der Waals surface area contributed by atoms with E-state index < -0.39 is 11.6 Å². The Kier molecular flexibility index (Phi) is 11.1. The maximum absolute atomic E-state index is 13.4. The van der Waals surface area contributed by atoms with Crippen LogP contribution in [0.5, 0.6) is 5.75 Å². The quantitative estimate of drug-likeness (QED) is 0.134. The molecular formula is C41H33Cl2F2N5O2. The molecule has 7 rings (SSSR count). The lowest BCUT2D eigenvalue weighted by Gasteiger charge is -2.09. The van der Waals surface area contributed by atoms with E-state index in [1.807, 2.05) is 80.6 Å². The Morgan fingerprint density at radius 3 is 1.96 bits per heavy atom. The lowest BCUT2D eigenvalue weighted by molar-refractivity contribution is 0.473. The van der Waals surface area contributed by atoms with Crippen molar-refractivity contribution in [1.29, 1.82) is 0 Å². The van der Waals surface area contributed by atoms with Crippen molar-refractivity contribution in [2.24, 2.45) is 4.99 Å². The van der Waals surface area contributed by atoms with Crippen LogP contribution in [0.1, 0.15) is 30.8 Å². The monoisotopic (exact) mass is 735 g/mol. The number of nitrogens with one attached hydrogen (secondary N) is 1. The van der Waals surface area contributed by atoms with Crippen LogP contribution in [0.4, 0.5) is 31.7 Å². The Morgan fingerprint density at radius 1 is 0.769 bits per heavy atom. The fraction of sp³-hybridized carbons (Fsp3) is 0.0976. The first kappa shape index (κ1) is 36.0. The summed E-state index contributed by atoms with van der Waals surface area (Å²) in [4.78, 5) is 13.5. The van der Waals surface area contributed by atoms with Gasteiger partial charge < -0.3 is 20.6 Å². The molecule has 52 heavy (non-hydrogen) atoms. The zero-order valence-electron chi connectivity index (χ0n) is 28.2. The topological polar surface area (TPSA) is 110 Å². The van der Waals surface area contributed by atoms with E-state index in [1.54, 1.807) is 12.1 Å². The molecule has 11 heteroatoms. The molecule has 4 aromatic carbocycles. The summed E-state index contributed by atoms with van der Waals surface area (Å²) in [6.07, 6.45) is 3.03. The summed E-state index contributed by atoms with van der Waals surface area (Å²) in [7, 11) is 0. The van der Waals surface area contributed by atoms with Crippen molar-refractivity contribution < 1.29 is 18.3 Å². The number of anilines is 3. The van der Waals surface area contributed by atoms with Crippen molar-refractivity contribution in [1.82, 2.24) is 9.97 Å². The molecule has 3 aromatic heterocycles. The summed E-state index contributed by atoms with van der Waals surface area (Å²) >= 11 is 11.7. The van der Waals surface area contributed by atoms with Crippen LogP contribution in [0.25, 0.3) is 33.5 Å². The van der Waals surface area contributed by atoms with Crippen LogP contribution in [0.15, 0.2) is 119 Å². The molecule has 262 valence electrons. The van der Waals surface area contributed by atoms with E-state index in [0.717, 1.165) is 46.4 Å². The molecule has 0 aliphatic rings. The minimum absolute atomic E-state index is 0.00724. The smallest absolute Gasteiger partial charge is 0.215 e. The summed E-state index contributed by atoms with van der Waals surface area (Å²) in [6, 6.07) is 31.7. The summed E-state index contributed by atoms with van der Waals surface area (Å²) < 4.78 is 32.5. The predicted molar refractivity (Wildman–Crippen MR) is 207 cm³/mol. The number of halogens is 4. The Labute approximate surface area is 309 Å². The van der Waals surface area contributed by atoms with Crippen molar-refractivity contribution in [3.63, 3.8) is 0 Å².